The molecule has 0 N–H and O–H groups in total. The van der Waals surface area contributed by atoms with Crippen molar-refractivity contribution in [1.82, 2.24) is 0 Å². The summed E-state index contributed by atoms with van der Waals surface area (Å²) >= 11 is 0. The van der Waals surface area contributed by atoms with Gasteiger partial charge in [0.2, 0.25) is 0 Å². The fourth-order valence-electron chi connectivity index (χ4n) is 2.94. The Morgan fingerprint density at radius 1 is 1.62 bits per heavy atom. The van der Waals surface area contributed by atoms with Gasteiger partial charge in [0.25, 0.3) is 0 Å². The predicted molar refractivity (Wildman–Crippen MR) is 50.1 cm³/mol. The van der Waals surface area contributed by atoms with E-state index in [0.717, 1.165) is 19.3 Å². The van der Waals surface area contributed by atoms with Crippen molar-refractivity contribution in [3.8, 4) is 0 Å². The van der Waals surface area contributed by atoms with Crippen LogP contribution >= 0.6 is 0 Å². The minimum Gasteiger partial charge on any atom is -0.469 e. The van der Waals surface area contributed by atoms with E-state index in [2.05, 4.69) is 19.1 Å². The van der Waals surface area contributed by atoms with E-state index in [1.807, 2.05) is 0 Å². The number of fused-ring (bicyclic) bond motifs is 1. The molecule has 0 aliphatic heterocycles. The Morgan fingerprint density at radius 3 is 3.08 bits per heavy atom. The second kappa shape index (κ2) is 2.86. The fourth-order valence-corrected chi connectivity index (χ4v) is 2.94. The highest BCUT2D eigenvalue weighted by Crippen LogP contribution is 2.54. The Morgan fingerprint density at radius 2 is 2.38 bits per heavy atom. The molecule has 72 valence electrons. The maximum absolute atomic E-state index is 11.7. The number of hydrogen-bond donors (Lipinski definition) is 0. The molecule has 2 rings (SSSR count). The smallest absolute Gasteiger partial charge is 0.312 e. The number of carbonyl (C=O) groups is 1. The molecule has 2 aliphatic carbocycles. The molecule has 1 fully saturated rings. The summed E-state index contributed by atoms with van der Waals surface area (Å²) in [7, 11) is 1.50. The van der Waals surface area contributed by atoms with Gasteiger partial charge in [-0.25, -0.2) is 0 Å². The van der Waals surface area contributed by atoms with Crippen molar-refractivity contribution < 1.29 is 9.53 Å². The fraction of sp³-hybridized carbons (Fsp3) is 0.727. The highest BCUT2D eigenvalue weighted by molar-refractivity contribution is 5.79. The monoisotopic (exact) mass is 180 g/mol. The number of esters is 1. The molecule has 3 atom stereocenters. The quantitative estimate of drug-likeness (QED) is 0.456. The molecule has 3 unspecified atom stereocenters. The van der Waals surface area contributed by atoms with Crippen LogP contribution in [0.25, 0.3) is 0 Å². The van der Waals surface area contributed by atoms with Gasteiger partial charge < -0.3 is 4.74 Å². The third-order valence-electron chi connectivity index (χ3n) is 3.71. The highest BCUT2D eigenvalue weighted by atomic mass is 16.5. The topological polar surface area (TPSA) is 26.3 Å². The van der Waals surface area contributed by atoms with E-state index >= 15 is 0 Å². The maximum atomic E-state index is 11.7. The molecule has 2 aliphatic rings. The Balaban J connectivity index is 2.28. The summed E-state index contributed by atoms with van der Waals surface area (Å²) in [5.74, 6) is 1.06. The third-order valence-corrected chi connectivity index (χ3v) is 3.71. The Hall–Kier alpha value is -0.790. The van der Waals surface area contributed by atoms with Gasteiger partial charge in [-0.1, -0.05) is 19.1 Å². The van der Waals surface area contributed by atoms with Crippen LogP contribution < -0.4 is 0 Å². The molecule has 13 heavy (non-hydrogen) atoms. The van der Waals surface area contributed by atoms with Crippen molar-refractivity contribution in [1.29, 1.82) is 0 Å². The van der Waals surface area contributed by atoms with E-state index in [1.54, 1.807) is 0 Å². The number of hydrogen-bond acceptors (Lipinski definition) is 2. The summed E-state index contributed by atoms with van der Waals surface area (Å²) in [6.07, 6.45) is 7.38. The van der Waals surface area contributed by atoms with E-state index in [0.29, 0.717) is 11.8 Å². The van der Waals surface area contributed by atoms with Gasteiger partial charge in [0.05, 0.1) is 12.5 Å². The number of rotatable bonds is 1. The van der Waals surface area contributed by atoms with Crippen LogP contribution in [0.15, 0.2) is 12.2 Å². The first-order chi connectivity index (χ1) is 6.20. The van der Waals surface area contributed by atoms with Gasteiger partial charge in [-0.3, -0.25) is 4.79 Å². The van der Waals surface area contributed by atoms with Crippen LogP contribution in [-0.2, 0) is 9.53 Å². The molecule has 0 aromatic heterocycles. The summed E-state index contributed by atoms with van der Waals surface area (Å²) in [6, 6.07) is 0. The average Bonchev–Trinajstić information content (AvgIpc) is 2.67. The van der Waals surface area contributed by atoms with Gasteiger partial charge in [0, 0.05) is 0 Å². The Labute approximate surface area is 79.0 Å². The predicted octanol–water partition coefficient (Wildman–Crippen LogP) is 2.15. The van der Waals surface area contributed by atoms with E-state index in [-0.39, 0.29) is 11.4 Å². The Kier molecular flexibility index (Phi) is 1.94. The standard InChI is InChI=1S/C11H16O2/c1-8-5-7-11(10(12)13-2)6-3-4-9(8)11/h3-4,8-9H,5-7H2,1-2H3. The average molecular weight is 180 g/mol. The molecule has 2 heteroatoms. The number of carbonyl (C=O) groups excluding carboxylic acids is 1. The third kappa shape index (κ3) is 1.04. The summed E-state index contributed by atoms with van der Waals surface area (Å²) in [5.41, 5.74) is -0.186. The molecule has 0 heterocycles. The zero-order chi connectivity index (χ0) is 9.47. The first-order valence-electron chi connectivity index (χ1n) is 4.96. The van der Waals surface area contributed by atoms with Gasteiger partial charge in [0.15, 0.2) is 0 Å². The van der Waals surface area contributed by atoms with Crippen LogP contribution in [0.1, 0.15) is 26.2 Å². The largest absolute Gasteiger partial charge is 0.469 e. The summed E-state index contributed by atoms with van der Waals surface area (Å²) in [4.78, 5) is 11.7. The van der Waals surface area contributed by atoms with Crippen molar-refractivity contribution >= 4 is 5.97 Å². The molecule has 2 nitrogen and oxygen atoms in total. The van der Waals surface area contributed by atoms with Crippen molar-refractivity contribution in [3.05, 3.63) is 12.2 Å². The highest BCUT2D eigenvalue weighted by Gasteiger charge is 2.53. The number of ether oxygens (including phenoxy) is 1. The van der Waals surface area contributed by atoms with E-state index in [1.165, 1.54) is 7.11 Å². The molecular formula is C11H16O2. The van der Waals surface area contributed by atoms with Crippen LogP contribution in [0.5, 0.6) is 0 Å². The summed E-state index contributed by atoms with van der Waals surface area (Å²) < 4.78 is 4.91. The maximum Gasteiger partial charge on any atom is 0.312 e. The van der Waals surface area contributed by atoms with Crippen LogP contribution in [0.4, 0.5) is 0 Å². The molecule has 1 saturated carbocycles. The first kappa shape index (κ1) is 8.79. The second-order valence-electron chi connectivity index (χ2n) is 4.32. The first-order valence-corrected chi connectivity index (χ1v) is 4.96. The number of methoxy groups -OCH3 is 1. The Bertz CT molecular complexity index is 257. The lowest BCUT2D eigenvalue weighted by Gasteiger charge is -2.27. The summed E-state index contributed by atoms with van der Waals surface area (Å²) in [6.45, 7) is 2.23. The molecular weight excluding hydrogens is 164 g/mol. The van der Waals surface area contributed by atoms with Gasteiger partial charge in [0.1, 0.15) is 0 Å². The molecule has 0 bridgehead atoms. The molecule has 0 aromatic rings. The van der Waals surface area contributed by atoms with Gasteiger partial charge in [-0.2, -0.15) is 0 Å². The van der Waals surface area contributed by atoms with Gasteiger partial charge in [-0.05, 0) is 31.1 Å². The lowest BCUT2D eigenvalue weighted by Crippen LogP contribution is -2.33. The summed E-state index contributed by atoms with van der Waals surface area (Å²) in [5, 5.41) is 0. The zero-order valence-corrected chi connectivity index (χ0v) is 8.25. The van der Waals surface area contributed by atoms with E-state index in [9.17, 15) is 4.79 Å². The van der Waals surface area contributed by atoms with Crippen LogP contribution in [-0.4, -0.2) is 13.1 Å². The van der Waals surface area contributed by atoms with E-state index < -0.39 is 0 Å². The lowest BCUT2D eigenvalue weighted by atomic mass is 9.78. The van der Waals surface area contributed by atoms with Crippen molar-refractivity contribution in [2.45, 2.75) is 26.2 Å². The molecule has 0 aromatic carbocycles. The van der Waals surface area contributed by atoms with Gasteiger partial charge >= 0.3 is 5.97 Å². The second-order valence-corrected chi connectivity index (χ2v) is 4.32. The molecule has 0 saturated heterocycles. The minimum atomic E-state index is -0.186. The molecule has 0 spiro atoms. The minimum absolute atomic E-state index is 0.00755. The molecule has 0 amide bonds. The molecule has 0 radical (unpaired) electrons. The normalized spacial score (nSPS) is 42.0. The van der Waals surface area contributed by atoms with Crippen LogP contribution in [0, 0.1) is 17.3 Å². The SMILES string of the molecule is COC(=O)C12CC=CC1C(C)CC2. The lowest BCUT2D eigenvalue weighted by molar-refractivity contribution is -0.153. The van der Waals surface area contributed by atoms with Crippen LogP contribution in [0.3, 0.4) is 0 Å². The van der Waals surface area contributed by atoms with E-state index in [4.69, 9.17) is 4.74 Å². The zero-order valence-electron chi connectivity index (χ0n) is 8.25. The van der Waals surface area contributed by atoms with Crippen molar-refractivity contribution in [2.75, 3.05) is 7.11 Å². The number of allylic oxidation sites excluding steroid dienone is 2. The van der Waals surface area contributed by atoms with Crippen LogP contribution in [0.2, 0.25) is 0 Å². The van der Waals surface area contributed by atoms with Gasteiger partial charge in [-0.15, -0.1) is 0 Å². The van der Waals surface area contributed by atoms with Crippen molar-refractivity contribution in [2.24, 2.45) is 17.3 Å². The van der Waals surface area contributed by atoms with Crippen molar-refractivity contribution in [3.63, 3.8) is 0 Å².